The minimum Gasteiger partial charge on any atom is -0.309 e. The van der Waals surface area contributed by atoms with Gasteiger partial charge in [-0.15, -0.1) is 0 Å². The van der Waals surface area contributed by atoms with Gasteiger partial charge in [-0.3, -0.25) is 0 Å². The fourth-order valence-electron chi connectivity index (χ4n) is 1.06. The van der Waals surface area contributed by atoms with Crippen LogP contribution < -0.4 is 11.5 Å². The van der Waals surface area contributed by atoms with E-state index in [9.17, 15) is 0 Å². The lowest BCUT2D eigenvalue weighted by Gasteiger charge is -2.29. The van der Waals surface area contributed by atoms with E-state index in [0.29, 0.717) is 0 Å². The molecule has 1 aromatic rings. The van der Waals surface area contributed by atoms with E-state index in [-0.39, 0.29) is 5.92 Å². The van der Waals surface area contributed by atoms with Gasteiger partial charge < -0.3 is 11.5 Å². The molecule has 66 valence electrons. The topological polar surface area (TPSA) is 52.0 Å². The summed E-state index contributed by atoms with van der Waals surface area (Å²) in [5.74, 6) is 0.236. The van der Waals surface area contributed by atoms with Gasteiger partial charge in [0.25, 0.3) is 0 Å². The molecule has 0 aliphatic rings. The van der Waals surface area contributed by atoms with Gasteiger partial charge in [-0.05, 0) is 11.5 Å². The van der Waals surface area contributed by atoms with Crippen LogP contribution in [0, 0.1) is 5.92 Å². The Balaban J connectivity index is 2.98. The number of rotatable bonds is 2. The molecule has 0 saturated carbocycles. The molecule has 0 unspecified atom stereocenters. The first-order valence-electron chi connectivity index (χ1n) is 4.18. The third-order valence-corrected chi connectivity index (χ3v) is 2.23. The van der Waals surface area contributed by atoms with Gasteiger partial charge in [0.2, 0.25) is 0 Å². The summed E-state index contributed by atoms with van der Waals surface area (Å²) in [4.78, 5) is 0. The fraction of sp³-hybridized carbons (Fsp3) is 0.400. The largest absolute Gasteiger partial charge is 0.309 e. The molecular weight excluding hydrogens is 148 g/mol. The highest BCUT2D eigenvalue weighted by atomic mass is 15.0. The van der Waals surface area contributed by atoms with Crippen molar-refractivity contribution in [1.29, 1.82) is 0 Å². The van der Waals surface area contributed by atoms with Crippen molar-refractivity contribution in [1.82, 2.24) is 0 Å². The minimum atomic E-state index is -0.707. The maximum absolute atomic E-state index is 5.96. The van der Waals surface area contributed by atoms with E-state index in [0.717, 1.165) is 5.56 Å². The lowest BCUT2D eigenvalue weighted by atomic mass is 9.90. The van der Waals surface area contributed by atoms with Crippen LogP contribution in [0.15, 0.2) is 30.3 Å². The molecule has 0 aliphatic heterocycles. The Kier molecular flexibility index (Phi) is 2.50. The average Bonchev–Trinajstić information content (AvgIpc) is 2.06. The van der Waals surface area contributed by atoms with Crippen LogP contribution >= 0.6 is 0 Å². The van der Waals surface area contributed by atoms with Crippen molar-refractivity contribution in [3.63, 3.8) is 0 Å². The SMILES string of the molecule is CC(C)C(N)(N)c1ccccc1. The smallest absolute Gasteiger partial charge is 0.0922 e. The van der Waals surface area contributed by atoms with Crippen LogP contribution in [-0.2, 0) is 5.66 Å². The van der Waals surface area contributed by atoms with Crippen molar-refractivity contribution < 1.29 is 0 Å². The molecule has 4 N–H and O–H groups in total. The van der Waals surface area contributed by atoms with Gasteiger partial charge in [-0.2, -0.15) is 0 Å². The van der Waals surface area contributed by atoms with Gasteiger partial charge in [0, 0.05) is 0 Å². The second-order valence-electron chi connectivity index (χ2n) is 3.45. The molecule has 12 heavy (non-hydrogen) atoms. The predicted octanol–water partition coefficient (Wildman–Crippen LogP) is 1.41. The maximum Gasteiger partial charge on any atom is 0.0922 e. The second kappa shape index (κ2) is 3.25. The Labute approximate surface area is 73.6 Å². The summed E-state index contributed by atoms with van der Waals surface area (Å²) < 4.78 is 0. The molecular formula is C10H16N2. The fourth-order valence-corrected chi connectivity index (χ4v) is 1.06. The van der Waals surface area contributed by atoms with Crippen LogP contribution in [0.3, 0.4) is 0 Å². The predicted molar refractivity (Wildman–Crippen MR) is 51.3 cm³/mol. The van der Waals surface area contributed by atoms with E-state index in [1.165, 1.54) is 0 Å². The highest BCUT2D eigenvalue weighted by molar-refractivity contribution is 5.22. The summed E-state index contributed by atoms with van der Waals surface area (Å²) >= 11 is 0. The summed E-state index contributed by atoms with van der Waals surface area (Å²) in [6, 6.07) is 9.78. The van der Waals surface area contributed by atoms with Gasteiger partial charge in [0.1, 0.15) is 0 Å². The molecule has 0 aliphatic carbocycles. The zero-order valence-corrected chi connectivity index (χ0v) is 7.62. The molecule has 1 aromatic carbocycles. The van der Waals surface area contributed by atoms with Crippen LogP contribution in [0.5, 0.6) is 0 Å². The molecule has 0 amide bonds. The van der Waals surface area contributed by atoms with Crippen LogP contribution in [0.1, 0.15) is 19.4 Å². The number of benzene rings is 1. The van der Waals surface area contributed by atoms with E-state index < -0.39 is 5.66 Å². The van der Waals surface area contributed by atoms with E-state index in [1.807, 2.05) is 44.2 Å². The summed E-state index contributed by atoms with van der Waals surface area (Å²) in [5, 5.41) is 0. The first kappa shape index (κ1) is 9.23. The monoisotopic (exact) mass is 164 g/mol. The third-order valence-electron chi connectivity index (χ3n) is 2.23. The molecule has 2 nitrogen and oxygen atoms in total. The maximum atomic E-state index is 5.96. The summed E-state index contributed by atoms with van der Waals surface area (Å²) in [6.07, 6.45) is 0. The van der Waals surface area contributed by atoms with Crippen LogP contribution in [0.25, 0.3) is 0 Å². The second-order valence-corrected chi connectivity index (χ2v) is 3.45. The summed E-state index contributed by atoms with van der Waals surface area (Å²) in [5.41, 5.74) is 12.2. The molecule has 0 atom stereocenters. The Morgan fingerprint density at radius 1 is 1.08 bits per heavy atom. The van der Waals surface area contributed by atoms with Gasteiger partial charge in [0.05, 0.1) is 5.66 Å². The van der Waals surface area contributed by atoms with Gasteiger partial charge in [-0.25, -0.2) is 0 Å². The van der Waals surface area contributed by atoms with Crippen molar-refractivity contribution in [3.8, 4) is 0 Å². The Morgan fingerprint density at radius 2 is 1.58 bits per heavy atom. The van der Waals surface area contributed by atoms with E-state index in [1.54, 1.807) is 0 Å². The molecule has 0 fully saturated rings. The van der Waals surface area contributed by atoms with Crippen LogP contribution in [0.4, 0.5) is 0 Å². The molecule has 0 heterocycles. The van der Waals surface area contributed by atoms with Gasteiger partial charge in [0.15, 0.2) is 0 Å². The number of hydrogen-bond donors (Lipinski definition) is 2. The number of hydrogen-bond acceptors (Lipinski definition) is 2. The molecule has 0 spiro atoms. The zero-order chi connectivity index (χ0) is 9.19. The molecule has 1 rings (SSSR count). The molecule has 0 radical (unpaired) electrons. The summed E-state index contributed by atoms with van der Waals surface area (Å²) in [6.45, 7) is 4.04. The molecule has 2 heteroatoms. The van der Waals surface area contributed by atoms with Crippen molar-refractivity contribution in [2.24, 2.45) is 17.4 Å². The first-order valence-corrected chi connectivity index (χ1v) is 4.18. The minimum absolute atomic E-state index is 0.236. The van der Waals surface area contributed by atoms with Crippen molar-refractivity contribution in [2.75, 3.05) is 0 Å². The lowest BCUT2D eigenvalue weighted by Crippen LogP contribution is -2.50. The molecule has 0 bridgehead atoms. The van der Waals surface area contributed by atoms with E-state index >= 15 is 0 Å². The quantitative estimate of drug-likeness (QED) is 0.649. The van der Waals surface area contributed by atoms with Crippen LogP contribution in [0.2, 0.25) is 0 Å². The van der Waals surface area contributed by atoms with Gasteiger partial charge >= 0.3 is 0 Å². The van der Waals surface area contributed by atoms with Gasteiger partial charge in [-0.1, -0.05) is 44.2 Å². The van der Waals surface area contributed by atoms with Crippen molar-refractivity contribution in [2.45, 2.75) is 19.5 Å². The Hall–Kier alpha value is -0.860. The Bertz CT molecular complexity index is 239. The lowest BCUT2D eigenvalue weighted by molar-refractivity contribution is 0.329. The number of nitrogens with two attached hydrogens (primary N) is 2. The van der Waals surface area contributed by atoms with Crippen LogP contribution in [-0.4, -0.2) is 0 Å². The van der Waals surface area contributed by atoms with Crippen molar-refractivity contribution in [3.05, 3.63) is 35.9 Å². The first-order chi connectivity index (χ1) is 5.55. The standard InChI is InChI=1S/C10H16N2/c1-8(2)10(11,12)9-6-4-3-5-7-9/h3-8H,11-12H2,1-2H3. The highest BCUT2D eigenvalue weighted by Crippen LogP contribution is 2.20. The average molecular weight is 164 g/mol. The van der Waals surface area contributed by atoms with E-state index in [2.05, 4.69) is 0 Å². The highest BCUT2D eigenvalue weighted by Gasteiger charge is 2.25. The third kappa shape index (κ3) is 1.65. The van der Waals surface area contributed by atoms with Crippen molar-refractivity contribution >= 4 is 0 Å². The molecule has 0 aromatic heterocycles. The normalized spacial score (nSPS) is 12.1. The zero-order valence-electron chi connectivity index (χ0n) is 7.62. The molecule has 0 saturated heterocycles. The summed E-state index contributed by atoms with van der Waals surface area (Å²) in [7, 11) is 0. The van der Waals surface area contributed by atoms with E-state index in [4.69, 9.17) is 11.5 Å². The Morgan fingerprint density at radius 3 is 2.00 bits per heavy atom.